The van der Waals surface area contributed by atoms with Crippen LogP contribution in [-0.2, 0) is 0 Å². The highest BCUT2D eigenvalue weighted by atomic mass is 16.3. The maximum absolute atomic E-state index is 10.9. The molecule has 230 valence electrons. The predicted octanol–water partition coefficient (Wildman–Crippen LogP) is 12.1. The zero-order chi connectivity index (χ0) is 33.1. The Hall–Kier alpha value is -7.28. The van der Waals surface area contributed by atoms with Crippen molar-refractivity contribution in [1.82, 2.24) is 9.13 Å². The topological polar surface area (TPSA) is 64.3 Å². The highest BCUT2D eigenvalue weighted by molar-refractivity contribution is 6.26. The summed E-state index contributed by atoms with van der Waals surface area (Å²) in [5.74, 6) is 0. The third-order valence-electron chi connectivity index (χ3n) is 10.2. The molecular formula is C44H22N4O2. The van der Waals surface area contributed by atoms with Crippen molar-refractivity contribution in [1.29, 1.82) is 5.26 Å². The average Bonchev–Trinajstić information content (AvgIpc) is 3.91. The molecule has 6 nitrogen and oxygen atoms in total. The molecule has 0 unspecified atom stereocenters. The molecule has 0 saturated carbocycles. The van der Waals surface area contributed by atoms with Gasteiger partial charge in [-0.2, -0.15) is 5.26 Å². The second-order valence-corrected chi connectivity index (χ2v) is 12.7. The van der Waals surface area contributed by atoms with Gasteiger partial charge in [0.15, 0.2) is 0 Å². The minimum atomic E-state index is 0.432. The predicted molar refractivity (Wildman–Crippen MR) is 201 cm³/mol. The summed E-state index contributed by atoms with van der Waals surface area (Å²) >= 11 is 0. The summed E-state index contributed by atoms with van der Waals surface area (Å²) in [4.78, 5) is 4.14. The van der Waals surface area contributed by atoms with E-state index in [1.54, 1.807) is 0 Å². The lowest BCUT2D eigenvalue weighted by molar-refractivity contribution is 0.669. The SMILES string of the molecule is [C-]#[N+]c1cc(-n2c3ccccc3c3ccc4oc5ccccc5c4c32)c(C#N)cc1-n1c2ccccc2c2ccc3oc4ccccc4c3c21. The van der Waals surface area contributed by atoms with Crippen molar-refractivity contribution in [3.05, 3.63) is 150 Å². The molecule has 11 rings (SSSR count). The van der Waals surface area contributed by atoms with Crippen LogP contribution in [0, 0.1) is 17.9 Å². The quantitative estimate of drug-likeness (QED) is 0.177. The van der Waals surface area contributed by atoms with Crippen LogP contribution < -0.4 is 0 Å². The van der Waals surface area contributed by atoms with Gasteiger partial charge in [-0.3, -0.25) is 0 Å². The van der Waals surface area contributed by atoms with Crippen molar-refractivity contribution >= 4 is 93.2 Å². The van der Waals surface area contributed by atoms with E-state index in [9.17, 15) is 5.26 Å². The van der Waals surface area contributed by atoms with Crippen molar-refractivity contribution < 1.29 is 8.83 Å². The van der Waals surface area contributed by atoms with Gasteiger partial charge in [0.05, 0.1) is 56.3 Å². The molecule has 0 radical (unpaired) electrons. The van der Waals surface area contributed by atoms with Crippen LogP contribution in [0.2, 0.25) is 0 Å². The Balaban J connectivity index is 1.30. The summed E-state index contributed by atoms with van der Waals surface area (Å²) in [5.41, 5.74) is 9.09. The monoisotopic (exact) mass is 638 g/mol. The normalized spacial score (nSPS) is 12.0. The van der Waals surface area contributed by atoms with E-state index in [0.29, 0.717) is 22.6 Å². The molecule has 50 heavy (non-hydrogen) atoms. The largest absolute Gasteiger partial charge is 0.456 e. The number of furan rings is 2. The molecule has 11 aromatic rings. The third-order valence-corrected chi connectivity index (χ3v) is 10.2. The van der Waals surface area contributed by atoms with Crippen LogP contribution in [0.1, 0.15) is 5.56 Å². The first kappa shape index (κ1) is 26.8. The Morgan fingerprint density at radius 1 is 0.500 bits per heavy atom. The first-order chi connectivity index (χ1) is 24.7. The number of nitriles is 1. The summed E-state index contributed by atoms with van der Waals surface area (Å²) in [6, 6.07) is 47.0. The zero-order valence-corrected chi connectivity index (χ0v) is 26.3. The van der Waals surface area contributed by atoms with E-state index in [1.165, 1.54) is 0 Å². The van der Waals surface area contributed by atoms with Crippen LogP contribution in [0.25, 0.3) is 104 Å². The van der Waals surface area contributed by atoms with Crippen LogP contribution >= 0.6 is 0 Å². The van der Waals surface area contributed by atoms with Gasteiger partial charge in [-0.15, -0.1) is 0 Å². The molecule has 7 aromatic carbocycles. The molecule has 0 bridgehead atoms. The summed E-state index contributed by atoms with van der Waals surface area (Å²) in [7, 11) is 0. The molecular weight excluding hydrogens is 617 g/mol. The standard InChI is InChI=1S/C44H22N4O2/c1-46-32-23-35(47-33-14-6-2-10-26(33)28-18-20-39-41(43(28)47)30-12-4-8-16-37(30)49-39)25(24-45)22-36(32)48-34-15-7-3-11-27(34)29-19-21-40-42(44(29)48)31-13-5-9-17-38(31)50-40/h2-23H. The van der Waals surface area contributed by atoms with Gasteiger partial charge in [0.25, 0.3) is 0 Å². The Kier molecular flexibility index (Phi) is 5.16. The van der Waals surface area contributed by atoms with Crippen LogP contribution in [0.3, 0.4) is 0 Å². The first-order valence-corrected chi connectivity index (χ1v) is 16.4. The van der Waals surface area contributed by atoms with Crippen LogP contribution in [0.5, 0.6) is 0 Å². The zero-order valence-electron chi connectivity index (χ0n) is 26.3. The second kappa shape index (κ2) is 9.64. The number of aromatic nitrogens is 2. The van der Waals surface area contributed by atoms with E-state index in [4.69, 9.17) is 15.4 Å². The van der Waals surface area contributed by atoms with Crippen molar-refractivity contribution in [3.63, 3.8) is 0 Å². The van der Waals surface area contributed by atoms with Gasteiger partial charge in [0, 0.05) is 32.3 Å². The highest BCUT2D eigenvalue weighted by Gasteiger charge is 2.24. The van der Waals surface area contributed by atoms with E-state index in [1.807, 2.05) is 84.9 Å². The highest BCUT2D eigenvalue weighted by Crippen LogP contribution is 2.45. The first-order valence-electron chi connectivity index (χ1n) is 16.4. The second-order valence-electron chi connectivity index (χ2n) is 12.7. The third kappa shape index (κ3) is 3.34. The van der Waals surface area contributed by atoms with Gasteiger partial charge in [0.1, 0.15) is 28.4 Å². The molecule has 0 fully saturated rings. The fraction of sp³-hybridized carbons (Fsp3) is 0. The molecule has 0 aliphatic rings. The molecule has 0 atom stereocenters. The van der Waals surface area contributed by atoms with Crippen molar-refractivity contribution in [2.24, 2.45) is 0 Å². The number of nitrogens with zero attached hydrogens (tertiary/aromatic N) is 4. The molecule has 0 spiro atoms. The Morgan fingerprint density at radius 3 is 1.50 bits per heavy atom. The molecule has 0 aliphatic heterocycles. The number of fused-ring (bicyclic) bond motifs is 14. The maximum Gasteiger partial charge on any atom is 0.212 e. The van der Waals surface area contributed by atoms with Crippen LogP contribution in [-0.4, -0.2) is 9.13 Å². The molecule has 0 aliphatic carbocycles. The Morgan fingerprint density at radius 2 is 0.980 bits per heavy atom. The van der Waals surface area contributed by atoms with Gasteiger partial charge in [-0.1, -0.05) is 72.8 Å². The minimum absolute atomic E-state index is 0.432. The smallest absolute Gasteiger partial charge is 0.212 e. The number of benzene rings is 7. The molecule has 6 heteroatoms. The van der Waals surface area contributed by atoms with E-state index in [0.717, 1.165) is 87.5 Å². The number of rotatable bonds is 2. The maximum atomic E-state index is 10.9. The lowest BCUT2D eigenvalue weighted by atomic mass is 10.1. The number of hydrogen-bond donors (Lipinski definition) is 0. The average molecular weight is 639 g/mol. The molecule has 4 heterocycles. The fourth-order valence-electron chi connectivity index (χ4n) is 8.14. The van der Waals surface area contributed by atoms with Crippen molar-refractivity contribution in [2.45, 2.75) is 0 Å². The van der Waals surface area contributed by atoms with Crippen molar-refractivity contribution in [2.75, 3.05) is 0 Å². The van der Waals surface area contributed by atoms with E-state index < -0.39 is 0 Å². The lowest BCUT2D eigenvalue weighted by Crippen LogP contribution is -2.02. The minimum Gasteiger partial charge on any atom is -0.456 e. The molecule has 0 amide bonds. The van der Waals surface area contributed by atoms with Gasteiger partial charge >= 0.3 is 0 Å². The summed E-state index contributed by atoms with van der Waals surface area (Å²) in [5, 5.41) is 19.1. The van der Waals surface area contributed by atoms with Gasteiger partial charge in [0.2, 0.25) is 5.69 Å². The Labute approximate surface area is 283 Å². The van der Waals surface area contributed by atoms with E-state index in [-0.39, 0.29) is 0 Å². The summed E-state index contributed by atoms with van der Waals surface area (Å²) in [6.45, 7) is 8.54. The van der Waals surface area contributed by atoms with Crippen molar-refractivity contribution in [3.8, 4) is 17.4 Å². The van der Waals surface area contributed by atoms with E-state index >= 15 is 0 Å². The number of hydrogen-bond acceptors (Lipinski definition) is 3. The van der Waals surface area contributed by atoms with Gasteiger partial charge in [-0.05, 0) is 60.7 Å². The summed E-state index contributed by atoms with van der Waals surface area (Å²) in [6.07, 6.45) is 0. The molecule has 4 aromatic heterocycles. The molecule has 0 saturated heterocycles. The van der Waals surface area contributed by atoms with E-state index in [2.05, 4.69) is 68.6 Å². The Bertz CT molecular complexity index is 3130. The van der Waals surface area contributed by atoms with Crippen LogP contribution in [0.15, 0.2) is 142 Å². The fourth-order valence-corrected chi connectivity index (χ4v) is 8.14. The number of para-hydroxylation sites is 4. The van der Waals surface area contributed by atoms with Gasteiger partial charge in [-0.25, -0.2) is 4.85 Å². The van der Waals surface area contributed by atoms with Gasteiger partial charge < -0.3 is 18.0 Å². The molecule has 0 N–H and O–H groups in total. The van der Waals surface area contributed by atoms with Crippen LogP contribution in [0.4, 0.5) is 5.69 Å². The lowest BCUT2D eigenvalue weighted by Gasteiger charge is -2.16. The summed E-state index contributed by atoms with van der Waals surface area (Å²) < 4.78 is 16.9.